The largest absolute Gasteiger partial charge is 0.419 e. The molecule has 0 saturated carbocycles. The molecule has 4 nitrogen and oxygen atoms in total. The summed E-state index contributed by atoms with van der Waals surface area (Å²) in [5.41, 5.74) is 3.25. The number of aryl methyl sites for hydroxylation is 1. The molecule has 3 aromatic rings. The van der Waals surface area contributed by atoms with E-state index in [9.17, 15) is 0 Å². The molecule has 0 atom stereocenters. The Morgan fingerprint density at radius 3 is 2.57 bits per heavy atom. The maximum atomic E-state index is 5.75. The predicted octanol–water partition coefficient (Wildman–Crippen LogP) is 3.68. The molecule has 2 aromatic carbocycles. The highest BCUT2D eigenvalue weighted by Gasteiger charge is 2.11. The van der Waals surface area contributed by atoms with Gasteiger partial charge in [0, 0.05) is 18.3 Å². The van der Waals surface area contributed by atoms with E-state index in [0.29, 0.717) is 18.3 Å². The molecule has 0 aliphatic rings. The second-order valence-corrected chi connectivity index (χ2v) is 5.06. The van der Waals surface area contributed by atoms with Crippen molar-refractivity contribution in [3.63, 3.8) is 0 Å². The zero-order valence-electron chi connectivity index (χ0n) is 12.2. The fraction of sp³-hybridized carbons (Fsp3) is 0.176. The Balaban J connectivity index is 1.76. The summed E-state index contributed by atoms with van der Waals surface area (Å²) in [7, 11) is 2.01. The summed E-state index contributed by atoms with van der Waals surface area (Å²) in [4.78, 5) is 2.08. The van der Waals surface area contributed by atoms with Gasteiger partial charge in [-0.15, -0.1) is 10.2 Å². The third-order valence-electron chi connectivity index (χ3n) is 3.30. The average molecular weight is 279 g/mol. The Morgan fingerprint density at radius 2 is 1.81 bits per heavy atom. The van der Waals surface area contributed by atoms with E-state index >= 15 is 0 Å². The number of hydrogen-bond acceptors (Lipinski definition) is 4. The second kappa shape index (κ2) is 5.79. The molecule has 1 heterocycles. The van der Waals surface area contributed by atoms with Crippen molar-refractivity contribution in [3.05, 3.63) is 66.1 Å². The molecule has 0 amide bonds. The molecule has 0 aliphatic heterocycles. The molecular weight excluding hydrogens is 262 g/mol. The SMILES string of the molecule is Cc1cccc(-c2nnc(CN(C)c3ccccc3)o2)c1. The number of rotatable bonds is 4. The van der Waals surface area contributed by atoms with E-state index in [0.717, 1.165) is 11.3 Å². The predicted molar refractivity (Wildman–Crippen MR) is 83.0 cm³/mol. The van der Waals surface area contributed by atoms with Crippen LogP contribution in [0.4, 0.5) is 5.69 Å². The van der Waals surface area contributed by atoms with Crippen LogP contribution >= 0.6 is 0 Å². The molecular formula is C17H17N3O. The van der Waals surface area contributed by atoms with Gasteiger partial charge < -0.3 is 9.32 Å². The highest BCUT2D eigenvalue weighted by molar-refractivity contribution is 5.53. The Kier molecular flexibility index (Phi) is 3.69. The minimum absolute atomic E-state index is 0.565. The van der Waals surface area contributed by atoms with Crippen LogP contribution in [0.1, 0.15) is 11.5 Å². The van der Waals surface area contributed by atoms with E-state index in [1.165, 1.54) is 5.56 Å². The third-order valence-corrected chi connectivity index (χ3v) is 3.30. The summed E-state index contributed by atoms with van der Waals surface area (Å²) >= 11 is 0. The fourth-order valence-corrected chi connectivity index (χ4v) is 2.19. The Labute approximate surface area is 124 Å². The molecule has 3 rings (SSSR count). The van der Waals surface area contributed by atoms with E-state index in [2.05, 4.69) is 27.2 Å². The number of anilines is 1. The van der Waals surface area contributed by atoms with Gasteiger partial charge in [-0.25, -0.2) is 0 Å². The Bertz CT molecular complexity index is 722. The molecule has 0 radical (unpaired) electrons. The summed E-state index contributed by atoms with van der Waals surface area (Å²) in [6.07, 6.45) is 0. The second-order valence-electron chi connectivity index (χ2n) is 5.06. The van der Waals surface area contributed by atoms with Gasteiger partial charge in [-0.2, -0.15) is 0 Å². The standard InChI is InChI=1S/C17H17N3O/c1-13-7-6-8-14(11-13)17-19-18-16(21-17)12-20(2)15-9-4-3-5-10-15/h3-11H,12H2,1-2H3. The van der Waals surface area contributed by atoms with Crippen molar-refractivity contribution in [1.29, 1.82) is 0 Å². The van der Waals surface area contributed by atoms with Crippen LogP contribution in [0.25, 0.3) is 11.5 Å². The van der Waals surface area contributed by atoms with Crippen molar-refractivity contribution in [3.8, 4) is 11.5 Å². The van der Waals surface area contributed by atoms with Crippen LogP contribution in [0.2, 0.25) is 0 Å². The summed E-state index contributed by atoms with van der Waals surface area (Å²) in [6, 6.07) is 18.2. The molecule has 1 aromatic heterocycles. The van der Waals surface area contributed by atoms with Crippen molar-refractivity contribution >= 4 is 5.69 Å². The number of nitrogens with zero attached hydrogens (tertiary/aromatic N) is 3. The van der Waals surface area contributed by atoms with Crippen LogP contribution in [0, 0.1) is 6.92 Å². The van der Waals surface area contributed by atoms with Gasteiger partial charge in [-0.1, -0.05) is 35.9 Å². The van der Waals surface area contributed by atoms with Crippen LogP contribution in [0.15, 0.2) is 59.0 Å². The first-order valence-corrected chi connectivity index (χ1v) is 6.88. The van der Waals surface area contributed by atoms with Crippen molar-refractivity contribution in [2.75, 3.05) is 11.9 Å². The molecule has 21 heavy (non-hydrogen) atoms. The van der Waals surface area contributed by atoms with Crippen LogP contribution in [0.5, 0.6) is 0 Å². The molecule has 0 fully saturated rings. The molecule has 0 unspecified atom stereocenters. The minimum Gasteiger partial charge on any atom is -0.419 e. The van der Waals surface area contributed by atoms with Gasteiger partial charge in [0.1, 0.15) is 0 Å². The van der Waals surface area contributed by atoms with E-state index in [-0.39, 0.29) is 0 Å². The van der Waals surface area contributed by atoms with Gasteiger partial charge in [-0.3, -0.25) is 0 Å². The van der Waals surface area contributed by atoms with E-state index < -0.39 is 0 Å². The number of aromatic nitrogens is 2. The monoisotopic (exact) mass is 279 g/mol. The third kappa shape index (κ3) is 3.11. The van der Waals surface area contributed by atoms with Crippen LogP contribution in [0.3, 0.4) is 0 Å². The minimum atomic E-state index is 0.565. The highest BCUT2D eigenvalue weighted by atomic mass is 16.4. The lowest BCUT2D eigenvalue weighted by Crippen LogP contribution is -2.16. The zero-order chi connectivity index (χ0) is 14.7. The number of benzene rings is 2. The quantitative estimate of drug-likeness (QED) is 0.730. The van der Waals surface area contributed by atoms with Gasteiger partial charge in [0.25, 0.3) is 0 Å². The maximum absolute atomic E-state index is 5.75. The molecule has 0 aliphatic carbocycles. The summed E-state index contributed by atoms with van der Waals surface area (Å²) in [5.74, 6) is 1.17. The van der Waals surface area contributed by atoms with Gasteiger partial charge in [0.05, 0.1) is 6.54 Å². The lowest BCUT2D eigenvalue weighted by atomic mass is 10.1. The molecule has 0 saturated heterocycles. The lowest BCUT2D eigenvalue weighted by molar-refractivity contribution is 0.503. The molecule has 0 N–H and O–H groups in total. The van der Waals surface area contributed by atoms with Gasteiger partial charge in [0.2, 0.25) is 11.8 Å². The van der Waals surface area contributed by atoms with Crippen molar-refractivity contribution in [2.24, 2.45) is 0 Å². The summed E-state index contributed by atoms with van der Waals surface area (Å²) in [6.45, 7) is 2.63. The molecule has 0 spiro atoms. The van der Waals surface area contributed by atoms with Crippen LogP contribution < -0.4 is 4.90 Å². The van der Waals surface area contributed by atoms with Crippen LogP contribution in [-0.4, -0.2) is 17.2 Å². The normalized spacial score (nSPS) is 10.6. The van der Waals surface area contributed by atoms with Gasteiger partial charge >= 0.3 is 0 Å². The first-order chi connectivity index (χ1) is 10.2. The first-order valence-electron chi connectivity index (χ1n) is 6.88. The summed E-state index contributed by atoms with van der Waals surface area (Å²) < 4.78 is 5.75. The topological polar surface area (TPSA) is 42.2 Å². The Morgan fingerprint density at radius 1 is 1.00 bits per heavy atom. The number of para-hydroxylation sites is 1. The number of hydrogen-bond donors (Lipinski definition) is 0. The molecule has 0 bridgehead atoms. The van der Waals surface area contributed by atoms with Crippen molar-refractivity contribution in [2.45, 2.75) is 13.5 Å². The van der Waals surface area contributed by atoms with Crippen molar-refractivity contribution in [1.82, 2.24) is 10.2 Å². The molecule has 4 heteroatoms. The van der Waals surface area contributed by atoms with Crippen LogP contribution in [-0.2, 0) is 6.54 Å². The first kappa shape index (κ1) is 13.4. The van der Waals surface area contributed by atoms with Gasteiger partial charge in [0.15, 0.2) is 0 Å². The van der Waals surface area contributed by atoms with Crippen molar-refractivity contribution < 1.29 is 4.42 Å². The molecule has 106 valence electrons. The van der Waals surface area contributed by atoms with E-state index in [1.54, 1.807) is 0 Å². The highest BCUT2D eigenvalue weighted by Crippen LogP contribution is 2.20. The fourth-order valence-electron chi connectivity index (χ4n) is 2.19. The average Bonchev–Trinajstić information content (AvgIpc) is 2.97. The zero-order valence-corrected chi connectivity index (χ0v) is 12.2. The smallest absolute Gasteiger partial charge is 0.247 e. The maximum Gasteiger partial charge on any atom is 0.247 e. The summed E-state index contributed by atoms with van der Waals surface area (Å²) in [5, 5.41) is 8.26. The Hall–Kier alpha value is -2.62. The van der Waals surface area contributed by atoms with Gasteiger partial charge in [-0.05, 0) is 31.2 Å². The van der Waals surface area contributed by atoms with E-state index in [1.807, 2.05) is 56.4 Å². The van der Waals surface area contributed by atoms with E-state index in [4.69, 9.17) is 4.42 Å². The lowest BCUT2D eigenvalue weighted by Gasteiger charge is -2.16.